The van der Waals surface area contributed by atoms with E-state index in [9.17, 15) is 9.59 Å². The van der Waals surface area contributed by atoms with E-state index in [0.717, 1.165) is 19.4 Å². The molecule has 1 aromatic rings. The molecule has 0 bridgehead atoms. The monoisotopic (exact) mass is 276 g/mol. The summed E-state index contributed by atoms with van der Waals surface area (Å²) in [4.78, 5) is 25.6. The maximum atomic E-state index is 12.2. The zero-order valence-electron chi connectivity index (χ0n) is 11.8. The van der Waals surface area contributed by atoms with Crippen LogP contribution in [0.3, 0.4) is 0 Å². The molecular formula is C15H20N2O3. The number of carbonyl (C=O) groups excluding carboxylic acids is 1. The third kappa shape index (κ3) is 3.17. The molecule has 0 radical (unpaired) electrons. The molecule has 1 amide bonds. The smallest absolute Gasteiger partial charge is 0.336 e. The van der Waals surface area contributed by atoms with Gasteiger partial charge in [0.15, 0.2) is 0 Å². The summed E-state index contributed by atoms with van der Waals surface area (Å²) in [5.41, 5.74) is 0.276. The summed E-state index contributed by atoms with van der Waals surface area (Å²) in [5, 5.41) is 12.1. The van der Waals surface area contributed by atoms with Crippen LogP contribution in [-0.4, -0.2) is 47.6 Å². The number of rotatable bonds is 3. The van der Waals surface area contributed by atoms with Gasteiger partial charge in [-0.2, -0.15) is 0 Å². The molecule has 2 atom stereocenters. The molecule has 0 spiro atoms. The summed E-state index contributed by atoms with van der Waals surface area (Å²) in [5.74, 6) is -1.38. The lowest BCUT2D eigenvalue weighted by molar-refractivity contribution is 0.0689. The minimum atomic E-state index is -1.08. The highest BCUT2D eigenvalue weighted by Crippen LogP contribution is 2.16. The summed E-state index contributed by atoms with van der Waals surface area (Å²) < 4.78 is 0. The number of carboxylic acid groups (broad SMARTS) is 1. The number of nitrogens with zero attached hydrogens (tertiary/aromatic N) is 1. The minimum Gasteiger partial charge on any atom is -0.478 e. The fourth-order valence-corrected chi connectivity index (χ4v) is 2.55. The van der Waals surface area contributed by atoms with Crippen LogP contribution < -0.4 is 5.32 Å². The Morgan fingerprint density at radius 1 is 1.30 bits per heavy atom. The number of hydrogen-bond acceptors (Lipinski definition) is 3. The summed E-state index contributed by atoms with van der Waals surface area (Å²) in [6.07, 6.45) is 1.78. The first kappa shape index (κ1) is 14.5. The number of likely N-dealkylation sites (tertiary alicyclic amines) is 1. The van der Waals surface area contributed by atoms with E-state index >= 15 is 0 Å². The fourth-order valence-electron chi connectivity index (χ4n) is 2.55. The van der Waals surface area contributed by atoms with Crippen LogP contribution in [0.5, 0.6) is 0 Å². The van der Waals surface area contributed by atoms with Crippen molar-refractivity contribution in [3.8, 4) is 0 Å². The Morgan fingerprint density at radius 2 is 1.95 bits per heavy atom. The fraction of sp³-hybridized carbons (Fsp3) is 0.467. The Balaban J connectivity index is 2.07. The van der Waals surface area contributed by atoms with Gasteiger partial charge in [0.1, 0.15) is 0 Å². The van der Waals surface area contributed by atoms with Gasteiger partial charge < -0.3 is 15.3 Å². The van der Waals surface area contributed by atoms with Crippen molar-refractivity contribution >= 4 is 11.9 Å². The number of benzene rings is 1. The van der Waals surface area contributed by atoms with Crippen LogP contribution in [0.15, 0.2) is 24.3 Å². The molecule has 2 unspecified atom stereocenters. The molecule has 1 aliphatic heterocycles. The molecule has 1 aromatic carbocycles. The topological polar surface area (TPSA) is 69.6 Å². The summed E-state index contributed by atoms with van der Waals surface area (Å²) >= 11 is 0. The predicted molar refractivity (Wildman–Crippen MR) is 76.0 cm³/mol. The second-order valence-corrected chi connectivity index (χ2v) is 5.38. The van der Waals surface area contributed by atoms with Gasteiger partial charge in [-0.1, -0.05) is 12.1 Å². The van der Waals surface area contributed by atoms with Crippen molar-refractivity contribution in [2.45, 2.75) is 31.8 Å². The van der Waals surface area contributed by atoms with Gasteiger partial charge in [-0.25, -0.2) is 4.79 Å². The molecule has 1 heterocycles. The summed E-state index contributed by atoms with van der Waals surface area (Å²) in [7, 11) is 2.07. The molecule has 0 aromatic heterocycles. The Bertz CT molecular complexity index is 516. The van der Waals surface area contributed by atoms with Crippen LogP contribution in [0, 0.1) is 0 Å². The maximum Gasteiger partial charge on any atom is 0.336 e. The number of hydrogen-bond donors (Lipinski definition) is 2. The highest BCUT2D eigenvalue weighted by molar-refractivity contribution is 6.04. The van der Waals surface area contributed by atoms with E-state index in [1.54, 1.807) is 18.2 Å². The van der Waals surface area contributed by atoms with Crippen molar-refractivity contribution < 1.29 is 14.7 Å². The highest BCUT2D eigenvalue weighted by atomic mass is 16.4. The molecule has 5 heteroatoms. The summed E-state index contributed by atoms with van der Waals surface area (Å²) in [6, 6.07) is 6.83. The Kier molecular flexibility index (Phi) is 4.39. The van der Waals surface area contributed by atoms with Crippen molar-refractivity contribution in [2.24, 2.45) is 0 Å². The Hall–Kier alpha value is -1.88. The van der Waals surface area contributed by atoms with Gasteiger partial charge in [-0.15, -0.1) is 0 Å². The van der Waals surface area contributed by atoms with Crippen LogP contribution in [0.1, 0.15) is 40.5 Å². The van der Waals surface area contributed by atoms with Crippen molar-refractivity contribution in [3.05, 3.63) is 35.4 Å². The molecule has 0 aliphatic carbocycles. The van der Waals surface area contributed by atoms with Gasteiger partial charge in [0.2, 0.25) is 0 Å². The first-order valence-electron chi connectivity index (χ1n) is 6.82. The maximum absolute atomic E-state index is 12.2. The van der Waals surface area contributed by atoms with E-state index in [1.807, 2.05) is 0 Å². The molecule has 2 N–H and O–H groups in total. The van der Waals surface area contributed by atoms with Crippen molar-refractivity contribution in [2.75, 3.05) is 13.6 Å². The average Bonchev–Trinajstić information content (AvgIpc) is 2.43. The van der Waals surface area contributed by atoms with Crippen molar-refractivity contribution in [3.63, 3.8) is 0 Å². The molecule has 1 fully saturated rings. The molecule has 2 rings (SSSR count). The van der Waals surface area contributed by atoms with Crippen LogP contribution in [0.2, 0.25) is 0 Å². The van der Waals surface area contributed by atoms with Gasteiger partial charge in [0.05, 0.1) is 11.1 Å². The number of piperidine rings is 1. The lowest BCUT2D eigenvalue weighted by Crippen LogP contribution is -2.47. The van der Waals surface area contributed by atoms with Gasteiger partial charge in [0, 0.05) is 18.6 Å². The third-order valence-electron chi connectivity index (χ3n) is 3.95. The van der Waals surface area contributed by atoms with Crippen molar-refractivity contribution in [1.82, 2.24) is 10.2 Å². The molecule has 20 heavy (non-hydrogen) atoms. The predicted octanol–water partition coefficient (Wildman–Crippen LogP) is 1.60. The van der Waals surface area contributed by atoms with Crippen molar-refractivity contribution in [1.29, 1.82) is 0 Å². The number of carbonyl (C=O) groups is 2. The standard InChI is InChI=1S/C15H20N2O3/c1-10-9-11(7-8-17(10)2)16-14(18)12-5-3-4-6-13(12)15(19)20/h3-6,10-11H,7-9H2,1-2H3,(H,16,18)(H,19,20). The molecular weight excluding hydrogens is 256 g/mol. The highest BCUT2D eigenvalue weighted by Gasteiger charge is 2.25. The molecule has 1 saturated heterocycles. The lowest BCUT2D eigenvalue weighted by atomic mass is 9.98. The van der Waals surface area contributed by atoms with E-state index in [4.69, 9.17) is 5.11 Å². The van der Waals surface area contributed by atoms with E-state index < -0.39 is 5.97 Å². The quantitative estimate of drug-likeness (QED) is 0.879. The number of amides is 1. The summed E-state index contributed by atoms with van der Waals surface area (Å²) in [6.45, 7) is 3.07. The number of nitrogens with one attached hydrogen (secondary N) is 1. The minimum absolute atomic E-state index is 0.0472. The van der Waals surface area contributed by atoms with Crippen LogP contribution in [0.25, 0.3) is 0 Å². The zero-order valence-corrected chi connectivity index (χ0v) is 11.8. The van der Waals surface area contributed by atoms with E-state index in [-0.39, 0.29) is 23.1 Å². The normalized spacial score (nSPS) is 23.3. The second-order valence-electron chi connectivity index (χ2n) is 5.38. The van der Waals surface area contributed by atoms with E-state index in [2.05, 4.69) is 24.2 Å². The molecule has 1 aliphatic rings. The van der Waals surface area contributed by atoms with E-state index in [0.29, 0.717) is 6.04 Å². The lowest BCUT2D eigenvalue weighted by Gasteiger charge is -2.35. The van der Waals surface area contributed by atoms with Gasteiger partial charge >= 0.3 is 5.97 Å². The third-order valence-corrected chi connectivity index (χ3v) is 3.95. The molecule has 108 valence electrons. The first-order chi connectivity index (χ1) is 9.49. The van der Waals surface area contributed by atoms with Gasteiger partial charge in [-0.05, 0) is 38.9 Å². The molecule has 0 saturated carbocycles. The Morgan fingerprint density at radius 3 is 2.55 bits per heavy atom. The zero-order chi connectivity index (χ0) is 14.7. The Labute approximate surface area is 118 Å². The SMILES string of the molecule is CC1CC(NC(=O)c2ccccc2C(=O)O)CCN1C. The first-order valence-corrected chi connectivity index (χ1v) is 6.82. The van der Waals surface area contributed by atoms with Crippen LogP contribution in [0.4, 0.5) is 0 Å². The van der Waals surface area contributed by atoms with Crippen LogP contribution >= 0.6 is 0 Å². The average molecular weight is 276 g/mol. The van der Waals surface area contributed by atoms with Crippen LogP contribution in [-0.2, 0) is 0 Å². The second kappa shape index (κ2) is 6.05. The number of carboxylic acids is 1. The van der Waals surface area contributed by atoms with E-state index in [1.165, 1.54) is 6.07 Å². The van der Waals surface area contributed by atoms with Gasteiger partial charge in [-0.3, -0.25) is 4.79 Å². The van der Waals surface area contributed by atoms with Gasteiger partial charge in [0.25, 0.3) is 5.91 Å². The number of aromatic carboxylic acids is 1. The molecule has 5 nitrogen and oxygen atoms in total. The largest absolute Gasteiger partial charge is 0.478 e.